The van der Waals surface area contributed by atoms with E-state index in [1.165, 1.54) is 0 Å². The Balaban J connectivity index is 2.53. The maximum atomic E-state index is 11.0. The van der Waals surface area contributed by atoms with Crippen molar-refractivity contribution in [2.24, 2.45) is 0 Å². The number of carbonyl (C=O) groups is 2. The Morgan fingerprint density at radius 2 is 1.77 bits per heavy atom. The molecule has 1 aliphatic carbocycles. The van der Waals surface area contributed by atoms with Gasteiger partial charge in [0.2, 0.25) is 11.5 Å². The largest absolute Gasteiger partial charge is 0.371 e. The molecule has 0 unspecified atom stereocenters. The molecule has 1 heterocycles. The second-order valence-corrected chi connectivity index (χ2v) is 5.58. The maximum Gasteiger partial charge on any atom is 0.371 e. The molecule has 0 N–H and O–H groups in total. The molecule has 2 rings (SSSR count). The van der Waals surface area contributed by atoms with Crippen LogP contribution in [0.5, 0.6) is 0 Å². The molecule has 0 saturated heterocycles. The van der Waals surface area contributed by atoms with Crippen molar-refractivity contribution >= 4 is 31.5 Å². The Morgan fingerprint density at radius 3 is 2.38 bits per heavy atom. The van der Waals surface area contributed by atoms with E-state index in [9.17, 15) is 18.0 Å². The van der Waals surface area contributed by atoms with Crippen LogP contribution >= 0.6 is 10.8 Å². The van der Waals surface area contributed by atoms with E-state index in [-0.39, 0.29) is 21.5 Å². The van der Waals surface area contributed by atoms with Gasteiger partial charge in [-0.25, -0.2) is 0 Å². The molecule has 13 heavy (non-hydrogen) atoms. The Kier molecular flexibility index (Phi) is 1.61. The smallest absolute Gasteiger partial charge is 0.369 e. The summed E-state index contributed by atoms with van der Waals surface area (Å²) in [7, 11) is -3.56. The molecule has 2 aliphatic rings. The van der Waals surface area contributed by atoms with Gasteiger partial charge < -0.3 is 4.18 Å². The molecule has 0 atom stereocenters. The molecule has 1 aliphatic heterocycles. The number of rotatable bonds is 0. The van der Waals surface area contributed by atoms with E-state index < -0.39 is 20.7 Å². The second-order valence-electron chi connectivity index (χ2n) is 2.29. The zero-order chi connectivity index (χ0) is 9.64. The van der Waals surface area contributed by atoms with Crippen molar-refractivity contribution in [2.75, 3.05) is 0 Å². The van der Waals surface area contributed by atoms with Crippen molar-refractivity contribution < 1.29 is 22.2 Å². The molecule has 0 aromatic rings. The van der Waals surface area contributed by atoms with Gasteiger partial charge in [0.1, 0.15) is 4.91 Å². The predicted molar refractivity (Wildman–Crippen MR) is 43.8 cm³/mol. The minimum absolute atomic E-state index is 0.146. The van der Waals surface area contributed by atoms with Crippen molar-refractivity contribution in [1.29, 1.82) is 0 Å². The molecule has 0 radical (unpaired) electrons. The van der Waals surface area contributed by atoms with Crippen LogP contribution < -0.4 is 0 Å². The van der Waals surface area contributed by atoms with Crippen LogP contribution in [-0.2, 0) is 22.9 Å². The molecule has 7 heteroatoms. The van der Waals surface area contributed by atoms with Gasteiger partial charge >= 0.3 is 9.15 Å². The summed E-state index contributed by atoms with van der Waals surface area (Å²) in [5.74, 6) is -1.48. The monoisotopic (exact) mass is 218 g/mol. The van der Waals surface area contributed by atoms with Gasteiger partial charge in [-0.2, -0.15) is 8.42 Å². The molecule has 0 saturated carbocycles. The Labute approximate surface area is 77.0 Å². The first kappa shape index (κ1) is 8.52. The minimum atomic E-state index is -3.83. The summed E-state index contributed by atoms with van der Waals surface area (Å²) in [6, 6.07) is 0. The lowest BCUT2D eigenvalue weighted by molar-refractivity contribution is -0.116. The third-order valence-electron chi connectivity index (χ3n) is 1.41. The van der Waals surface area contributed by atoms with Crippen molar-refractivity contribution in [3.63, 3.8) is 0 Å². The van der Waals surface area contributed by atoms with Crippen LogP contribution in [0, 0.1) is 0 Å². The molecule has 0 bridgehead atoms. The number of carbonyl (C=O) groups excluding carboxylic acids is 2. The van der Waals surface area contributed by atoms with Gasteiger partial charge in [0, 0.05) is 0 Å². The highest BCUT2D eigenvalue weighted by molar-refractivity contribution is 8.72. The zero-order valence-electron chi connectivity index (χ0n) is 6.01. The Bertz CT molecular complexity index is 431. The Hall–Kier alpha value is -1.08. The summed E-state index contributed by atoms with van der Waals surface area (Å²) in [6.45, 7) is 0. The highest BCUT2D eigenvalue weighted by Gasteiger charge is 2.38. The average molecular weight is 218 g/mol. The normalized spacial score (nSPS) is 24.6. The molecule has 0 fully saturated rings. The topological polar surface area (TPSA) is 77.5 Å². The van der Waals surface area contributed by atoms with E-state index in [4.69, 9.17) is 0 Å². The van der Waals surface area contributed by atoms with Crippen LogP contribution in [0.25, 0.3) is 0 Å². The molecule has 68 valence electrons. The molecule has 5 nitrogen and oxygen atoms in total. The van der Waals surface area contributed by atoms with Crippen LogP contribution in [0.2, 0.25) is 0 Å². The first-order valence-electron chi connectivity index (χ1n) is 3.14. The third-order valence-corrected chi connectivity index (χ3v) is 3.86. The number of ketones is 2. The van der Waals surface area contributed by atoms with E-state index in [0.29, 0.717) is 0 Å². The van der Waals surface area contributed by atoms with E-state index >= 15 is 0 Å². The lowest BCUT2D eigenvalue weighted by atomic mass is 10.1. The van der Waals surface area contributed by atoms with Gasteiger partial charge in [-0.1, -0.05) is 0 Å². The number of hydrogen-bond donors (Lipinski definition) is 0. The summed E-state index contributed by atoms with van der Waals surface area (Å²) in [5.41, 5.74) is 0. The molecule has 0 aromatic heterocycles. The van der Waals surface area contributed by atoms with Gasteiger partial charge in [0.15, 0.2) is 5.78 Å². The van der Waals surface area contributed by atoms with Gasteiger partial charge in [-0.05, 0) is 12.2 Å². The molecule has 0 aromatic carbocycles. The minimum Gasteiger partial charge on any atom is -0.369 e. The van der Waals surface area contributed by atoms with Crippen molar-refractivity contribution in [3.8, 4) is 0 Å². The highest BCUT2D eigenvalue weighted by atomic mass is 33.2. The van der Waals surface area contributed by atoms with Crippen molar-refractivity contribution in [3.05, 3.63) is 22.8 Å². The standard InChI is InChI=1S/C6H2O5S2/c7-3-1-2-4(8)6-5(3)11-13(9,10)12-6/h1-2H. The van der Waals surface area contributed by atoms with Gasteiger partial charge in [-0.15, -0.1) is 0 Å². The fourth-order valence-corrected chi connectivity index (χ4v) is 3.33. The van der Waals surface area contributed by atoms with E-state index in [1.807, 2.05) is 0 Å². The highest BCUT2D eigenvalue weighted by Crippen LogP contribution is 2.39. The molecular formula is C6H2O5S2. The SMILES string of the molecule is O=C1C=CC(=O)C2=C1OS(=O)(=O)S2. The van der Waals surface area contributed by atoms with Crippen LogP contribution in [0.3, 0.4) is 0 Å². The molecular weight excluding hydrogens is 216 g/mol. The first-order valence-corrected chi connectivity index (χ1v) is 5.89. The Morgan fingerprint density at radius 1 is 1.15 bits per heavy atom. The van der Waals surface area contributed by atoms with Crippen LogP contribution in [-0.4, -0.2) is 20.0 Å². The first-order chi connectivity index (χ1) is 5.99. The zero-order valence-corrected chi connectivity index (χ0v) is 7.65. The summed E-state index contributed by atoms with van der Waals surface area (Å²) >= 11 is 0. The van der Waals surface area contributed by atoms with E-state index in [0.717, 1.165) is 12.2 Å². The van der Waals surface area contributed by atoms with Crippen LogP contribution in [0.15, 0.2) is 22.8 Å². The third kappa shape index (κ3) is 1.29. The fourth-order valence-electron chi connectivity index (χ4n) is 0.905. The van der Waals surface area contributed by atoms with E-state index in [1.54, 1.807) is 0 Å². The molecule has 0 amide bonds. The average Bonchev–Trinajstić information content (AvgIpc) is 2.35. The lowest BCUT2D eigenvalue weighted by Crippen LogP contribution is -2.10. The van der Waals surface area contributed by atoms with Gasteiger partial charge in [-0.3, -0.25) is 9.59 Å². The number of allylic oxidation sites excluding steroid dienone is 3. The van der Waals surface area contributed by atoms with E-state index in [2.05, 4.69) is 4.18 Å². The maximum absolute atomic E-state index is 11.0. The van der Waals surface area contributed by atoms with Gasteiger partial charge in [0.25, 0.3) is 0 Å². The molecule has 0 spiro atoms. The quantitative estimate of drug-likeness (QED) is 0.418. The van der Waals surface area contributed by atoms with Crippen LogP contribution in [0.4, 0.5) is 0 Å². The summed E-state index contributed by atoms with van der Waals surface area (Å²) in [6.07, 6.45) is 2.01. The van der Waals surface area contributed by atoms with Crippen molar-refractivity contribution in [2.45, 2.75) is 0 Å². The van der Waals surface area contributed by atoms with Crippen molar-refractivity contribution in [1.82, 2.24) is 0 Å². The van der Waals surface area contributed by atoms with Crippen LogP contribution in [0.1, 0.15) is 0 Å². The second kappa shape index (κ2) is 2.46. The summed E-state index contributed by atoms with van der Waals surface area (Å²) in [5, 5.41) is 0. The number of hydrogen-bond acceptors (Lipinski definition) is 6. The predicted octanol–water partition coefficient (Wildman–Crippen LogP) is -0.0858. The summed E-state index contributed by atoms with van der Waals surface area (Å²) < 4.78 is 26.0. The lowest BCUT2D eigenvalue weighted by Gasteiger charge is -2.00. The fraction of sp³-hybridized carbons (Fsp3) is 0. The van der Waals surface area contributed by atoms with Gasteiger partial charge in [0.05, 0.1) is 10.8 Å². The summed E-state index contributed by atoms with van der Waals surface area (Å²) in [4.78, 5) is 21.9.